The van der Waals surface area contributed by atoms with Crippen LogP contribution in [0.25, 0.3) is 0 Å². The average Bonchev–Trinajstić information content (AvgIpc) is 3.27. The SMILES string of the molecule is CCCCC/C=C\[C@@H]1C[C@@H]1C(=O)NS(=O)(=O)c1ccccc1. The first-order valence-corrected chi connectivity index (χ1v) is 9.31. The number of amides is 1. The Balaban J connectivity index is 1.82. The number of benzene rings is 1. The highest BCUT2D eigenvalue weighted by molar-refractivity contribution is 7.90. The van der Waals surface area contributed by atoms with Crippen molar-refractivity contribution in [1.82, 2.24) is 4.72 Å². The van der Waals surface area contributed by atoms with E-state index in [1.54, 1.807) is 18.2 Å². The zero-order valence-electron chi connectivity index (χ0n) is 12.9. The van der Waals surface area contributed by atoms with Gasteiger partial charge in [-0.25, -0.2) is 13.1 Å². The molecule has 0 heterocycles. The van der Waals surface area contributed by atoms with Gasteiger partial charge in [-0.15, -0.1) is 0 Å². The van der Waals surface area contributed by atoms with Gasteiger partial charge in [-0.3, -0.25) is 4.79 Å². The van der Waals surface area contributed by atoms with E-state index < -0.39 is 15.9 Å². The molecule has 5 heteroatoms. The molecule has 1 aromatic rings. The fourth-order valence-corrected chi connectivity index (χ4v) is 3.43. The van der Waals surface area contributed by atoms with Crippen molar-refractivity contribution in [2.24, 2.45) is 11.8 Å². The standard InChI is InChI=1S/C17H23NO3S/c1-2-3-4-5-7-10-14-13-16(14)17(19)18-22(20,21)15-11-8-6-9-12-15/h6-12,14,16H,2-5,13H2,1H3,(H,18,19)/b10-7-/t14-,16+/m1/s1. The molecule has 1 amide bonds. The molecule has 0 bridgehead atoms. The molecular weight excluding hydrogens is 298 g/mol. The van der Waals surface area contributed by atoms with Gasteiger partial charge >= 0.3 is 0 Å². The van der Waals surface area contributed by atoms with Gasteiger partial charge in [0.1, 0.15) is 0 Å². The molecule has 22 heavy (non-hydrogen) atoms. The van der Waals surface area contributed by atoms with Crippen LogP contribution in [0.5, 0.6) is 0 Å². The van der Waals surface area contributed by atoms with Crippen LogP contribution in [0.15, 0.2) is 47.4 Å². The Kier molecular flexibility index (Phi) is 5.77. The predicted molar refractivity (Wildman–Crippen MR) is 86.6 cm³/mol. The fraction of sp³-hybridized carbons (Fsp3) is 0.471. The largest absolute Gasteiger partial charge is 0.274 e. The van der Waals surface area contributed by atoms with E-state index >= 15 is 0 Å². The van der Waals surface area contributed by atoms with Crippen molar-refractivity contribution in [3.63, 3.8) is 0 Å². The van der Waals surface area contributed by atoms with Crippen LogP contribution in [0.1, 0.15) is 39.0 Å². The van der Waals surface area contributed by atoms with E-state index in [0.717, 1.165) is 12.8 Å². The summed E-state index contributed by atoms with van der Waals surface area (Å²) >= 11 is 0. The number of unbranched alkanes of at least 4 members (excludes halogenated alkanes) is 3. The molecule has 0 radical (unpaired) electrons. The second-order valence-electron chi connectivity index (χ2n) is 5.71. The molecule has 0 aliphatic heterocycles. The summed E-state index contributed by atoms with van der Waals surface area (Å²) in [6.45, 7) is 2.16. The van der Waals surface area contributed by atoms with Gasteiger partial charge in [-0.05, 0) is 37.3 Å². The van der Waals surface area contributed by atoms with Gasteiger partial charge in [0.05, 0.1) is 4.90 Å². The molecule has 1 aromatic carbocycles. The Hall–Kier alpha value is -1.62. The van der Waals surface area contributed by atoms with Crippen molar-refractivity contribution in [3.8, 4) is 0 Å². The Bertz CT molecular complexity index is 623. The molecule has 1 aliphatic carbocycles. The molecule has 1 N–H and O–H groups in total. The third kappa shape index (κ3) is 4.70. The van der Waals surface area contributed by atoms with E-state index in [1.807, 2.05) is 0 Å². The number of sulfonamides is 1. The average molecular weight is 321 g/mol. The lowest BCUT2D eigenvalue weighted by Crippen LogP contribution is -2.32. The molecule has 0 saturated heterocycles. The van der Waals surface area contributed by atoms with E-state index in [4.69, 9.17) is 0 Å². The molecule has 0 spiro atoms. The number of hydrogen-bond donors (Lipinski definition) is 1. The summed E-state index contributed by atoms with van der Waals surface area (Å²) in [5, 5.41) is 0. The van der Waals surface area contributed by atoms with Crippen LogP contribution in [-0.2, 0) is 14.8 Å². The van der Waals surface area contributed by atoms with Gasteiger partial charge < -0.3 is 0 Å². The summed E-state index contributed by atoms with van der Waals surface area (Å²) in [4.78, 5) is 12.1. The maximum atomic E-state index is 12.1. The van der Waals surface area contributed by atoms with Gasteiger partial charge in [0.25, 0.3) is 10.0 Å². The molecule has 2 rings (SSSR count). The number of nitrogens with one attached hydrogen (secondary N) is 1. The summed E-state index contributed by atoms with van der Waals surface area (Å²) < 4.78 is 26.3. The van der Waals surface area contributed by atoms with Crippen molar-refractivity contribution < 1.29 is 13.2 Å². The van der Waals surface area contributed by atoms with E-state index in [0.29, 0.717) is 0 Å². The molecule has 1 fully saturated rings. The highest BCUT2D eigenvalue weighted by Crippen LogP contribution is 2.40. The van der Waals surface area contributed by atoms with Gasteiger partial charge in [-0.1, -0.05) is 50.1 Å². The van der Waals surface area contributed by atoms with Gasteiger partial charge in [-0.2, -0.15) is 0 Å². The first-order valence-electron chi connectivity index (χ1n) is 7.83. The lowest BCUT2D eigenvalue weighted by molar-refractivity contribution is -0.120. The molecule has 0 aromatic heterocycles. The van der Waals surface area contributed by atoms with Gasteiger partial charge in [0.2, 0.25) is 5.91 Å². The highest BCUT2D eigenvalue weighted by atomic mass is 32.2. The number of rotatable bonds is 8. The maximum absolute atomic E-state index is 12.1. The zero-order chi connectivity index (χ0) is 16.0. The first kappa shape index (κ1) is 16.7. The number of carbonyl (C=O) groups is 1. The summed E-state index contributed by atoms with van der Waals surface area (Å²) in [5.41, 5.74) is 0. The van der Waals surface area contributed by atoms with Crippen molar-refractivity contribution in [3.05, 3.63) is 42.5 Å². The quantitative estimate of drug-likeness (QED) is 0.590. The summed E-state index contributed by atoms with van der Waals surface area (Å²) in [6.07, 6.45) is 9.50. The Morgan fingerprint density at radius 1 is 1.27 bits per heavy atom. The van der Waals surface area contributed by atoms with E-state index in [9.17, 15) is 13.2 Å². The zero-order valence-corrected chi connectivity index (χ0v) is 13.7. The third-order valence-corrected chi connectivity index (χ3v) is 5.19. The molecule has 4 nitrogen and oxygen atoms in total. The second kappa shape index (κ2) is 7.58. The maximum Gasteiger partial charge on any atom is 0.264 e. The van der Waals surface area contributed by atoms with Crippen LogP contribution in [-0.4, -0.2) is 14.3 Å². The Labute approximate surface area is 132 Å². The monoisotopic (exact) mass is 321 g/mol. The third-order valence-electron chi connectivity index (χ3n) is 3.82. The van der Waals surface area contributed by atoms with Gasteiger partial charge in [0, 0.05) is 5.92 Å². The van der Waals surface area contributed by atoms with Crippen LogP contribution in [0.2, 0.25) is 0 Å². The molecule has 120 valence electrons. The molecule has 2 atom stereocenters. The highest BCUT2D eigenvalue weighted by Gasteiger charge is 2.42. The summed E-state index contributed by atoms with van der Waals surface area (Å²) in [6, 6.07) is 7.97. The normalized spacial score (nSPS) is 21.0. The summed E-state index contributed by atoms with van der Waals surface area (Å²) in [5.74, 6) is -0.416. The minimum absolute atomic E-state index is 0.121. The van der Waals surface area contributed by atoms with Crippen LogP contribution < -0.4 is 4.72 Å². The Morgan fingerprint density at radius 2 is 2.00 bits per heavy atom. The first-order chi connectivity index (χ1) is 10.5. The van der Waals surface area contributed by atoms with Crippen LogP contribution in [0.3, 0.4) is 0 Å². The minimum Gasteiger partial charge on any atom is -0.274 e. The fourth-order valence-electron chi connectivity index (χ4n) is 2.38. The summed E-state index contributed by atoms with van der Waals surface area (Å²) in [7, 11) is -3.74. The number of carbonyl (C=O) groups excluding carboxylic acids is 1. The van der Waals surface area contributed by atoms with Crippen LogP contribution in [0.4, 0.5) is 0 Å². The number of allylic oxidation sites excluding steroid dienone is 2. The predicted octanol–water partition coefficient (Wildman–Crippen LogP) is 3.26. The Morgan fingerprint density at radius 3 is 2.68 bits per heavy atom. The number of hydrogen-bond acceptors (Lipinski definition) is 3. The van der Waals surface area contributed by atoms with Crippen molar-refractivity contribution >= 4 is 15.9 Å². The minimum atomic E-state index is -3.74. The molecule has 0 unspecified atom stereocenters. The van der Waals surface area contributed by atoms with Crippen LogP contribution in [0, 0.1) is 11.8 Å². The van der Waals surface area contributed by atoms with E-state index in [2.05, 4.69) is 23.8 Å². The molecule has 1 saturated carbocycles. The topological polar surface area (TPSA) is 63.2 Å². The molecular formula is C17H23NO3S. The van der Waals surface area contributed by atoms with Crippen molar-refractivity contribution in [2.45, 2.75) is 43.9 Å². The van der Waals surface area contributed by atoms with Crippen molar-refractivity contribution in [1.29, 1.82) is 0 Å². The van der Waals surface area contributed by atoms with Gasteiger partial charge in [0.15, 0.2) is 0 Å². The lowest BCUT2D eigenvalue weighted by Gasteiger charge is -2.05. The smallest absolute Gasteiger partial charge is 0.264 e. The van der Waals surface area contributed by atoms with E-state index in [-0.39, 0.29) is 16.7 Å². The van der Waals surface area contributed by atoms with Crippen LogP contribution >= 0.6 is 0 Å². The lowest BCUT2D eigenvalue weighted by atomic mass is 10.2. The molecule has 1 aliphatic rings. The van der Waals surface area contributed by atoms with Crippen molar-refractivity contribution in [2.75, 3.05) is 0 Å². The second-order valence-corrected chi connectivity index (χ2v) is 7.40. The van der Waals surface area contributed by atoms with E-state index in [1.165, 1.54) is 31.4 Å².